The van der Waals surface area contributed by atoms with Crippen molar-refractivity contribution in [3.63, 3.8) is 0 Å². The number of carbonyl (C=O) groups excluding carboxylic acids is 1. The Bertz CT molecular complexity index is 930. The Kier molecular flexibility index (Phi) is 5.16. The molecule has 0 aliphatic heterocycles. The second-order valence-electron chi connectivity index (χ2n) is 5.34. The highest BCUT2D eigenvalue weighted by atomic mass is 35.5. The first-order chi connectivity index (χ1) is 12.0. The first-order valence-corrected chi connectivity index (χ1v) is 8.20. The number of hydrogen-bond donors (Lipinski definition) is 2. The van der Waals surface area contributed by atoms with E-state index in [1.54, 1.807) is 18.2 Å². The van der Waals surface area contributed by atoms with Crippen molar-refractivity contribution in [2.45, 2.75) is 6.92 Å². The normalized spacial score (nSPS) is 10.4. The van der Waals surface area contributed by atoms with E-state index in [1.165, 1.54) is 12.3 Å². The number of rotatable bonds is 4. The first-order valence-electron chi connectivity index (χ1n) is 7.44. The van der Waals surface area contributed by atoms with Gasteiger partial charge in [-0.3, -0.25) is 4.79 Å². The lowest BCUT2D eigenvalue weighted by molar-refractivity contribution is 0.102. The molecule has 3 aromatic rings. The Labute approximate surface area is 155 Å². The van der Waals surface area contributed by atoms with Crippen LogP contribution in [0.25, 0.3) is 0 Å². The zero-order valence-corrected chi connectivity index (χ0v) is 14.8. The van der Waals surface area contributed by atoms with Gasteiger partial charge in [0.25, 0.3) is 5.91 Å². The van der Waals surface area contributed by atoms with Gasteiger partial charge in [-0.15, -0.1) is 0 Å². The van der Waals surface area contributed by atoms with Gasteiger partial charge in [-0.2, -0.15) is 0 Å². The van der Waals surface area contributed by atoms with Gasteiger partial charge in [-0.1, -0.05) is 35.3 Å². The van der Waals surface area contributed by atoms with Crippen molar-refractivity contribution in [1.29, 1.82) is 0 Å². The molecule has 0 saturated carbocycles. The fraction of sp³-hybridized carbons (Fsp3) is 0.0556. The molecule has 0 spiro atoms. The lowest BCUT2D eigenvalue weighted by Gasteiger charge is -2.09. The van der Waals surface area contributed by atoms with Crippen molar-refractivity contribution in [1.82, 2.24) is 9.97 Å². The second-order valence-corrected chi connectivity index (χ2v) is 6.18. The van der Waals surface area contributed by atoms with Crippen molar-refractivity contribution in [3.8, 4) is 0 Å². The van der Waals surface area contributed by atoms with Crippen LogP contribution in [0, 0.1) is 6.92 Å². The molecule has 126 valence electrons. The molecular weight excluding hydrogens is 359 g/mol. The van der Waals surface area contributed by atoms with Crippen LogP contribution in [-0.2, 0) is 0 Å². The summed E-state index contributed by atoms with van der Waals surface area (Å²) in [6, 6.07) is 14.1. The van der Waals surface area contributed by atoms with Crippen LogP contribution in [0.5, 0.6) is 0 Å². The van der Waals surface area contributed by atoms with Crippen molar-refractivity contribution < 1.29 is 4.79 Å². The molecular formula is C18H14Cl2N4O. The van der Waals surface area contributed by atoms with Crippen LogP contribution in [0.4, 0.5) is 17.3 Å². The van der Waals surface area contributed by atoms with E-state index in [2.05, 4.69) is 20.6 Å². The lowest BCUT2D eigenvalue weighted by Crippen LogP contribution is -2.14. The van der Waals surface area contributed by atoms with Crippen molar-refractivity contribution in [2.24, 2.45) is 0 Å². The van der Waals surface area contributed by atoms with Gasteiger partial charge < -0.3 is 10.6 Å². The molecule has 3 rings (SSSR count). The van der Waals surface area contributed by atoms with E-state index in [0.717, 1.165) is 5.56 Å². The minimum Gasteiger partial charge on any atom is -0.323 e. The number of carbonyl (C=O) groups is 1. The Morgan fingerprint density at radius 3 is 2.72 bits per heavy atom. The van der Waals surface area contributed by atoms with E-state index in [4.69, 9.17) is 23.2 Å². The molecule has 1 aromatic heterocycles. The predicted octanol–water partition coefficient (Wildman–Crippen LogP) is 5.09. The summed E-state index contributed by atoms with van der Waals surface area (Å²) in [7, 11) is 0. The van der Waals surface area contributed by atoms with Gasteiger partial charge >= 0.3 is 0 Å². The first kappa shape index (κ1) is 17.2. The van der Waals surface area contributed by atoms with Gasteiger partial charge in [0.1, 0.15) is 5.69 Å². The Balaban J connectivity index is 1.79. The van der Waals surface area contributed by atoms with Gasteiger partial charge in [-0.05, 0) is 48.9 Å². The quantitative estimate of drug-likeness (QED) is 0.669. The molecule has 0 saturated heterocycles. The summed E-state index contributed by atoms with van der Waals surface area (Å²) in [6.45, 7) is 1.96. The number of nitrogens with one attached hydrogen (secondary N) is 2. The Morgan fingerprint density at radius 1 is 1.08 bits per heavy atom. The summed E-state index contributed by atoms with van der Waals surface area (Å²) >= 11 is 12.1. The molecule has 0 unspecified atom stereocenters. The average Bonchev–Trinajstić information content (AvgIpc) is 2.58. The lowest BCUT2D eigenvalue weighted by atomic mass is 10.2. The molecule has 0 bridgehead atoms. The van der Waals surface area contributed by atoms with E-state index >= 15 is 0 Å². The Morgan fingerprint density at radius 2 is 1.92 bits per heavy atom. The van der Waals surface area contributed by atoms with Crippen LogP contribution in [0.1, 0.15) is 16.1 Å². The van der Waals surface area contributed by atoms with Crippen LogP contribution in [-0.4, -0.2) is 15.9 Å². The number of anilines is 3. The standard InChI is InChI=1S/C18H14Cl2N4O/c1-11-3-2-4-13(9-11)22-17(25)15-7-8-21-18(23-15)24-16-10-12(19)5-6-14(16)20/h2-10H,1H3,(H,22,25)(H,21,23,24). The molecule has 0 aliphatic carbocycles. The molecule has 7 heteroatoms. The number of aromatic nitrogens is 2. The van der Waals surface area contributed by atoms with Crippen LogP contribution in [0.15, 0.2) is 54.7 Å². The van der Waals surface area contributed by atoms with Crippen molar-refractivity contribution >= 4 is 46.4 Å². The van der Waals surface area contributed by atoms with E-state index in [0.29, 0.717) is 21.4 Å². The molecule has 5 nitrogen and oxygen atoms in total. The van der Waals surface area contributed by atoms with Crippen LogP contribution in [0.3, 0.4) is 0 Å². The number of amides is 1. The third-order valence-corrected chi connectivity index (χ3v) is 3.90. The van der Waals surface area contributed by atoms with Crippen molar-refractivity contribution in [3.05, 3.63) is 76.0 Å². The largest absolute Gasteiger partial charge is 0.323 e. The number of halogens is 2. The summed E-state index contributed by atoms with van der Waals surface area (Å²) < 4.78 is 0. The van der Waals surface area contributed by atoms with Crippen LogP contribution in [0.2, 0.25) is 10.0 Å². The number of hydrogen-bond acceptors (Lipinski definition) is 4. The number of nitrogens with zero attached hydrogens (tertiary/aromatic N) is 2. The average molecular weight is 373 g/mol. The zero-order valence-electron chi connectivity index (χ0n) is 13.3. The zero-order chi connectivity index (χ0) is 17.8. The number of benzene rings is 2. The third kappa shape index (κ3) is 4.47. The van der Waals surface area contributed by atoms with E-state index in [1.807, 2.05) is 31.2 Å². The smallest absolute Gasteiger partial charge is 0.274 e. The highest BCUT2D eigenvalue weighted by Gasteiger charge is 2.10. The predicted molar refractivity (Wildman–Crippen MR) is 101 cm³/mol. The molecule has 0 aliphatic rings. The van der Waals surface area contributed by atoms with E-state index < -0.39 is 0 Å². The topological polar surface area (TPSA) is 66.9 Å². The maximum atomic E-state index is 12.4. The molecule has 0 fully saturated rings. The SMILES string of the molecule is Cc1cccc(NC(=O)c2ccnc(Nc3cc(Cl)ccc3Cl)n2)c1. The van der Waals surface area contributed by atoms with Crippen LogP contribution < -0.4 is 10.6 Å². The highest BCUT2D eigenvalue weighted by Crippen LogP contribution is 2.27. The maximum Gasteiger partial charge on any atom is 0.274 e. The summed E-state index contributed by atoms with van der Waals surface area (Å²) in [5.74, 6) is -0.0747. The van der Waals surface area contributed by atoms with E-state index in [9.17, 15) is 4.79 Å². The highest BCUT2D eigenvalue weighted by molar-refractivity contribution is 6.35. The molecule has 1 heterocycles. The number of aryl methyl sites for hydroxylation is 1. The maximum absolute atomic E-state index is 12.4. The fourth-order valence-electron chi connectivity index (χ4n) is 2.18. The van der Waals surface area contributed by atoms with E-state index in [-0.39, 0.29) is 17.5 Å². The van der Waals surface area contributed by atoms with Gasteiger partial charge in [0, 0.05) is 16.9 Å². The molecule has 2 N–H and O–H groups in total. The van der Waals surface area contributed by atoms with Gasteiger partial charge in [-0.25, -0.2) is 9.97 Å². The molecule has 2 aromatic carbocycles. The van der Waals surface area contributed by atoms with Gasteiger partial charge in [0.2, 0.25) is 5.95 Å². The summed E-state index contributed by atoms with van der Waals surface area (Å²) in [5, 5.41) is 6.77. The Hall–Kier alpha value is -2.63. The van der Waals surface area contributed by atoms with Crippen LogP contribution >= 0.6 is 23.2 Å². The second kappa shape index (κ2) is 7.51. The third-order valence-electron chi connectivity index (χ3n) is 3.34. The monoisotopic (exact) mass is 372 g/mol. The fourth-order valence-corrected chi connectivity index (χ4v) is 2.51. The summed E-state index contributed by atoms with van der Waals surface area (Å²) in [4.78, 5) is 20.7. The van der Waals surface area contributed by atoms with Gasteiger partial charge in [0.05, 0.1) is 10.7 Å². The minimum atomic E-state index is -0.326. The van der Waals surface area contributed by atoms with Gasteiger partial charge in [0.15, 0.2) is 0 Å². The minimum absolute atomic E-state index is 0.233. The summed E-state index contributed by atoms with van der Waals surface area (Å²) in [6.07, 6.45) is 1.50. The van der Waals surface area contributed by atoms with Crippen molar-refractivity contribution in [2.75, 3.05) is 10.6 Å². The molecule has 0 radical (unpaired) electrons. The molecule has 0 atom stereocenters. The molecule has 1 amide bonds. The summed E-state index contributed by atoms with van der Waals surface area (Å²) in [5.41, 5.74) is 2.55. The molecule has 25 heavy (non-hydrogen) atoms.